The van der Waals surface area contributed by atoms with Gasteiger partial charge in [0, 0.05) is 5.69 Å². The van der Waals surface area contributed by atoms with E-state index < -0.39 is 11.9 Å². The van der Waals surface area contributed by atoms with Crippen LogP contribution in [0.3, 0.4) is 0 Å². The van der Waals surface area contributed by atoms with Crippen LogP contribution in [-0.4, -0.2) is 23.6 Å². The number of carboxylic acid groups (broad SMARTS) is 1. The number of nitriles is 1. The maximum atomic E-state index is 12.7. The average Bonchev–Trinajstić information content (AvgIpc) is 2.84. The number of hydrogen-bond acceptors (Lipinski definition) is 5. The van der Waals surface area contributed by atoms with E-state index in [0.29, 0.717) is 29.4 Å². The molecule has 0 saturated heterocycles. The lowest BCUT2D eigenvalue weighted by Crippen LogP contribution is -2.13. The highest BCUT2D eigenvalue weighted by Crippen LogP contribution is 2.30. The van der Waals surface area contributed by atoms with Crippen molar-refractivity contribution in [2.24, 2.45) is 0 Å². The number of ether oxygens (including phenoxy) is 2. The minimum atomic E-state index is -0.987. The van der Waals surface area contributed by atoms with Crippen LogP contribution in [-0.2, 0) is 11.4 Å². The molecule has 0 spiro atoms. The molecule has 3 rings (SSSR count). The monoisotopic (exact) mass is 470 g/mol. The Bertz CT molecular complexity index is 1300. The molecule has 0 unspecified atom stereocenters. The molecule has 1 amide bonds. The van der Waals surface area contributed by atoms with Gasteiger partial charge in [-0.05, 0) is 85.5 Å². The van der Waals surface area contributed by atoms with Crippen LogP contribution in [0, 0.1) is 25.2 Å². The first-order valence-electron chi connectivity index (χ1n) is 11.0. The third-order valence-electron chi connectivity index (χ3n) is 5.30. The van der Waals surface area contributed by atoms with E-state index in [2.05, 4.69) is 5.32 Å². The van der Waals surface area contributed by atoms with E-state index in [4.69, 9.17) is 14.6 Å². The Labute approximate surface area is 204 Å². The van der Waals surface area contributed by atoms with Gasteiger partial charge in [-0.25, -0.2) is 4.79 Å². The summed E-state index contributed by atoms with van der Waals surface area (Å²) >= 11 is 0. The fraction of sp³-hybridized carbons (Fsp3) is 0.179. The number of rotatable bonds is 9. The first-order chi connectivity index (χ1) is 16.8. The number of hydrogen-bond donors (Lipinski definition) is 2. The van der Waals surface area contributed by atoms with Crippen molar-refractivity contribution in [3.05, 3.63) is 94.1 Å². The average molecular weight is 471 g/mol. The first-order valence-corrected chi connectivity index (χ1v) is 11.0. The summed E-state index contributed by atoms with van der Waals surface area (Å²) in [6, 6.07) is 19.1. The van der Waals surface area contributed by atoms with Crippen molar-refractivity contribution >= 4 is 23.6 Å². The smallest absolute Gasteiger partial charge is 0.335 e. The van der Waals surface area contributed by atoms with Gasteiger partial charge in [0.05, 0.1) is 12.2 Å². The van der Waals surface area contributed by atoms with Crippen molar-refractivity contribution in [2.75, 3.05) is 11.9 Å². The van der Waals surface area contributed by atoms with Gasteiger partial charge in [0.25, 0.3) is 5.91 Å². The van der Waals surface area contributed by atoms with Crippen LogP contribution in [0.1, 0.15) is 39.5 Å². The zero-order valence-corrected chi connectivity index (χ0v) is 19.8. The zero-order chi connectivity index (χ0) is 25.4. The minimum Gasteiger partial charge on any atom is -0.490 e. The van der Waals surface area contributed by atoms with Crippen LogP contribution in [0.15, 0.2) is 66.2 Å². The highest BCUT2D eigenvalue weighted by molar-refractivity contribution is 6.09. The number of carbonyl (C=O) groups is 2. The summed E-state index contributed by atoms with van der Waals surface area (Å²) in [6.07, 6.45) is 1.49. The first kappa shape index (κ1) is 25.1. The van der Waals surface area contributed by atoms with Gasteiger partial charge in [0.15, 0.2) is 11.5 Å². The Balaban J connectivity index is 1.76. The van der Waals surface area contributed by atoms with Crippen molar-refractivity contribution in [1.29, 1.82) is 5.26 Å². The lowest BCUT2D eigenvalue weighted by molar-refractivity contribution is -0.112. The van der Waals surface area contributed by atoms with E-state index in [0.717, 1.165) is 16.7 Å². The molecule has 0 heterocycles. The molecule has 0 saturated carbocycles. The number of aryl methyl sites for hydroxylation is 2. The van der Waals surface area contributed by atoms with Crippen molar-refractivity contribution in [3.63, 3.8) is 0 Å². The molecule has 35 heavy (non-hydrogen) atoms. The Kier molecular flexibility index (Phi) is 8.25. The molecule has 3 aromatic carbocycles. The maximum Gasteiger partial charge on any atom is 0.335 e. The standard InChI is InChI=1S/C28H26N2O5/c1-4-34-26-15-21(8-12-25(26)35-17-20-6-9-22(10-7-20)28(32)33)14-23(16-29)27(31)30-24-11-5-18(2)19(3)13-24/h5-15H,4,17H2,1-3H3,(H,30,31)(H,32,33)/b23-14+. The van der Waals surface area contributed by atoms with Crippen molar-refractivity contribution in [2.45, 2.75) is 27.4 Å². The molecule has 0 radical (unpaired) electrons. The number of anilines is 1. The Morgan fingerprint density at radius 3 is 2.34 bits per heavy atom. The normalized spacial score (nSPS) is 10.9. The van der Waals surface area contributed by atoms with Gasteiger partial charge < -0.3 is 19.9 Å². The van der Waals surface area contributed by atoms with Crippen molar-refractivity contribution in [1.82, 2.24) is 0 Å². The number of amides is 1. The summed E-state index contributed by atoms with van der Waals surface area (Å²) in [4.78, 5) is 23.7. The van der Waals surface area contributed by atoms with E-state index in [1.54, 1.807) is 36.4 Å². The number of aromatic carboxylic acids is 1. The lowest BCUT2D eigenvalue weighted by Gasteiger charge is -2.13. The van der Waals surface area contributed by atoms with Crippen molar-refractivity contribution in [3.8, 4) is 17.6 Å². The highest BCUT2D eigenvalue weighted by Gasteiger charge is 2.12. The van der Waals surface area contributed by atoms with Crippen LogP contribution >= 0.6 is 0 Å². The van der Waals surface area contributed by atoms with Gasteiger partial charge in [-0.3, -0.25) is 4.79 Å². The molecule has 7 heteroatoms. The second kappa shape index (κ2) is 11.5. The third kappa shape index (κ3) is 6.71. The maximum absolute atomic E-state index is 12.7. The lowest BCUT2D eigenvalue weighted by atomic mass is 10.1. The molecule has 0 aliphatic heterocycles. The zero-order valence-electron chi connectivity index (χ0n) is 19.8. The third-order valence-corrected chi connectivity index (χ3v) is 5.30. The molecule has 3 aromatic rings. The second-order valence-corrected chi connectivity index (χ2v) is 7.85. The van der Waals surface area contributed by atoms with E-state index in [9.17, 15) is 14.9 Å². The molecule has 0 atom stereocenters. The highest BCUT2D eigenvalue weighted by atomic mass is 16.5. The van der Waals surface area contributed by atoms with Gasteiger partial charge in [0.2, 0.25) is 0 Å². The molecular formula is C28H26N2O5. The molecule has 7 nitrogen and oxygen atoms in total. The number of carbonyl (C=O) groups excluding carboxylic acids is 1. The molecule has 0 aliphatic rings. The van der Waals surface area contributed by atoms with Gasteiger partial charge in [-0.2, -0.15) is 5.26 Å². The van der Waals surface area contributed by atoms with E-state index in [1.165, 1.54) is 18.2 Å². The fourth-order valence-electron chi connectivity index (χ4n) is 3.24. The largest absolute Gasteiger partial charge is 0.490 e. The molecule has 0 fully saturated rings. The van der Waals surface area contributed by atoms with E-state index >= 15 is 0 Å². The molecule has 2 N–H and O–H groups in total. The quantitative estimate of drug-likeness (QED) is 0.315. The summed E-state index contributed by atoms with van der Waals surface area (Å²) in [7, 11) is 0. The molecule has 0 aromatic heterocycles. The number of nitrogens with one attached hydrogen (secondary N) is 1. The molecule has 0 aliphatic carbocycles. The Hall–Kier alpha value is -4.57. The summed E-state index contributed by atoms with van der Waals surface area (Å²) < 4.78 is 11.6. The topological polar surface area (TPSA) is 109 Å². The van der Waals surface area contributed by atoms with Gasteiger partial charge in [-0.1, -0.05) is 24.3 Å². The van der Waals surface area contributed by atoms with Crippen LogP contribution < -0.4 is 14.8 Å². The van der Waals surface area contributed by atoms with E-state index in [-0.39, 0.29) is 17.7 Å². The second-order valence-electron chi connectivity index (χ2n) is 7.85. The SMILES string of the molecule is CCOc1cc(/C=C(\C#N)C(=O)Nc2ccc(C)c(C)c2)ccc1OCc1ccc(C(=O)O)cc1. The Morgan fingerprint density at radius 2 is 1.71 bits per heavy atom. The van der Waals surface area contributed by atoms with Crippen LogP contribution in [0.25, 0.3) is 6.08 Å². The molecule has 0 bridgehead atoms. The Morgan fingerprint density at radius 1 is 0.971 bits per heavy atom. The van der Waals surface area contributed by atoms with Gasteiger partial charge >= 0.3 is 5.97 Å². The summed E-state index contributed by atoms with van der Waals surface area (Å²) in [5, 5.41) is 21.3. The van der Waals surface area contributed by atoms with Crippen molar-refractivity contribution < 1.29 is 24.2 Å². The van der Waals surface area contributed by atoms with Crippen LogP contribution in [0.5, 0.6) is 11.5 Å². The summed E-state index contributed by atoms with van der Waals surface area (Å²) in [6.45, 7) is 6.40. The van der Waals surface area contributed by atoms with Crippen LogP contribution in [0.2, 0.25) is 0 Å². The number of benzene rings is 3. The summed E-state index contributed by atoms with van der Waals surface area (Å²) in [5.41, 5.74) is 4.35. The van der Waals surface area contributed by atoms with Gasteiger partial charge in [0.1, 0.15) is 18.2 Å². The number of carboxylic acids is 1. The van der Waals surface area contributed by atoms with Gasteiger partial charge in [-0.15, -0.1) is 0 Å². The van der Waals surface area contributed by atoms with Crippen LogP contribution in [0.4, 0.5) is 5.69 Å². The minimum absolute atomic E-state index is 0.0436. The predicted octanol–water partition coefficient (Wildman–Crippen LogP) is 5.53. The predicted molar refractivity (Wildman–Crippen MR) is 133 cm³/mol. The molecule has 178 valence electrons. The fourth-order valence-corrected chi connectivity index (χ4v) is 3.24. The summed E-state index contributed by atoms with van der Waals surface area (Å²) in [5.74, 6) is -0.530. The molecular weight excluding hydrogens is 444 g/mol. The van der Waals surface area contributed by atoms with E-state index in [1.807, 2.05) is 39.0 Å². The number of nitrogens with zero attached hydrogens (tertiary/aromatic N) is 1.